The van der Waals surface area contributed by atoms with Gasteiger partial charge < -0.3 is 0 Å². The predicted octanol–water partition coefficient (Wildman–Crippen LogP) is 3.82. The van der Waals surface area contributed by atoms with Crippen molar-refractivity contribution in [3.8, 4) is 0 Å². The second-order valence-corrected chi connectivity index (χ2v) is 6.01. The summed E-state index contributed by atoms with van der Waals surface area (Å²) in [5.74, 6) is -0.219. The Balaban J connectivity index is 1.64. The maximum atomic E-state index is 13.0. The molecule has 1 aliphatic rings. The molecule has 3 aromatic rings. The van der Waals surface area contributed by atoms with Gasteiger partial charge in [0, 0.05) is 6.20 Å². The highest BCUT2D eigenvalue weighted by molar-refractivity contribution is 6.31. The van der Waals surface area contributed by atoms with Crippen molar-refractivity contribution in [2.45, 2.75) is 6.42 Å². The lowest BCUT2D eigenvalue weighted by atomic mass is 10.1. The van der Waals surface area contributed by atoms with Gasteiger partial charge in [0.2, 0.25) is 11.9 Å². The number of amides is 1. The second kappa shape index (κ2) is 6.14. The first-order chi connectivity index (χ1) is 12.1. The van der Waals surface area contributed by atoms with E-state index in [9.17, 15) is 9.18 Å². The van der Waals surface area contributed by atoms with E-state index >= 15 is 0 Å². The SMILES string of the molecule is O=C(Cc1ccc(F)cc1)Nc1nc2cc(Cl)cnc2n1C1=CC=C1. The average molecular weight is 355 g/mol. The summed E-state index contributed by atoms with van der Waals surface area (Å²) in [5, 5.41) is 3.26. The number of pyridine rings is 1. The van der Waals surface area contributed by atoms with Crippen molar-refractivity contribution < 1.29 is 9.18 Å². The van der Waals surface area contributed by atoms with E-state index < -0.39 is 0 Å². The number of benzene rings is 1. The summed E-state index contributed by atoms with van der Waals surface area (Å²) in [6.07, 6.45) is 7.34. The second-order valence-electron chi connectivity index (χ2n) is 5.57. The lowest BCUT2D eigenvalue weighted by molar-refractivity contribution is -0.115. The molecule has 5 nitrogen and oxygen atoms in total. The molecule has 0 atom stereocenters. The third-order valence-corrected chi connectivity index (χ3v) is 3.99. The molecule has 124 valence electrons. The fourth-order valence-electron chi connectivity index (χ4n) is 2.56. The Morgan fingerprint density at radius 1 is 1.28 bits per heavy atom. The van der Waals surface area contributed by atoms with Gasteiger partial charge in [-0.05, 0) is 35.9 Å². The monoisotopic (exact) mass is 354 g/mol. The first-order valence-electron chi connectivity index (χ1n) is 7.57. The van der Waals surface area contributed by atoms with Crippen LogP contribution in [0, 0.1) is 5.82 Å². The smallest absolute Gasteiger partial charge is 0.231 e. The van der Waals surface area contributed by atoms with E-state index in [2.05, 4.69) is 15.3 Å². The summed E-state index contributed by atoms with van der Waals surface area (Å²) >= 11 is 5.98. The molecular formula is C18H12ClFN4O. The van der Waals surface area contributed by atoms with Gasteiger partial charge in [0.15, 0.2) is 5.65 Å². The van der Waals surface area contributed by atoms with Crippen molar-refractivity contribution in [1.29, 1.82) is 0 Å². The van der Waals surface area contributed by atoms with Crippen LogP contribution in [0.15, 0.2) is 54.8 Å². The highest BCUT2D eigenvalue weighted by atomic mass is 35.5. The molecule has 0 spiro atoms. The number of carbonyl (C=O) groups is 1. The summed E-state index contributed by atoms with van der Waals surface area (Å²) in [7, 11) is 0. The summed E-state index contributed by atoms with van der Waals surface area (Å²) in [6.45, 7) is 0. The highest BCUT2D eigenvalue weighted by Crippen LogP contribution is 2.27. The van der Waals surface area contributed by atoms with Gasteiger partial charge in [-0.15, -0.1) is 0 Å². The number of hydrogen-bond acceptors (Lipinski definition) is 3. The molecule has 0 bridgehead atoms. The molecular weight excluding hydrogens is 343 g/mol. The summed E-state index contributed by atoms with van der Waals surface area (Å²) in [4.78, 5) is 21.1. The summed E-state index contributed by atoms with van der Waals surface area (Å²) in [5.41, 5.74) is 2.78. The Morgan fingerprint density at radius 3 is 2.72 bits per heavy atom. The quantitative estimate of drug-likeness (QED) is 0.775. The molecule has 1 aliphatic carbocycles. The lowest BCUT2D eigenvalue weighted by Gasteiger charge is -2.13. The number of hydrogen-bond donors (Lipinski definition) is 1. The van der Waals surface area contributed by atoms with E-state index in [1.54, 1.807) is 22.8 Å². The minimum atomic E-state index is -0.336. The number of anilines is 1. The Labute approximate surface area is 147 Å². The molecule has 0 unspecified atom stereocenters. The molecule has 7 heteroatoms. The topological polar surface area (TPSA) is 59.8 Å². The molecule has 1 N–H and O–H groups in total. The average Bonchev–Trinajstić information content (AvgIpc) is 2.85. The van der Waals surface area contributed by atoms with E-state index in [1.807, 2.05) is 18.2 Å². The number of fused-ring (bicyclic) bond motifs is 1. The van der Waals surface area contributed by atoms with Crippen LogP contribution in [0.2, 0.25) is 5.02 Å². The minimum absolute atomic E-state index is 0.118. The molecule has 0 radical (unpaired) electrons. The number of imidazole rings is 1. The van der Waals surface area contributed by atoms with E-state index in [0.29, 0.717) is 27.7 Å². The van der Waals surface area contributed by atoms with Crippen LogP contribution in [0.4, 0.5) is 10.3 Å². The molecule has 0 aliphatic heterocycles. The fourth-order valence-corrected chi connectivity index (χ4v) is 2.71. The van der Waals surface area contributed by atoms with E-state index in [0.717, 1.165) is 5.70 Å². The zero-order valence-electron chi connectivity index (χ0n) is 12.9. The number of carbonyl (C=O) groups excluding carboxylic acids is 1. The van der Waals surface area contributed by atoms with Crippen molar-refractivity contribution in [2.75, 3.05) is 5.32 Å². The van der Waals surface area contributed by atoms with Gasteiger partial charge in [0.05, 0.1) is 17.1 Å². The van der Waals surface area contributed by atoms with Crippen LogP contribution in [0.1, 0.15) is 5.56 Å². The van der Waals surface area contributed by atoms with Crippen LogP contribution >= 0.6 is 11.6 Å². The van der Waals surface area contributed by atoms with Crippen LogP contribution in [0.3, 0.4) is 0 Å². The van der Waals surface area contributed by atoms with Crippen LogP contribution in [0.5, 0.6) is 0 Å². The first-order valence-corrected chi connectivity index (χ1v) is 7.95. The Bertz CT molecular complexity index is 1040. The zero-order chi connectivity index (χ0) is 17.4. The standard InChI is InChI=1S/C18H12ClFN4O/c19-12-9-15-17(21-10-12)24(14-2-1-3-14)18(22-15)23-16(25)8-11-4-6-13(20)7-5-11/h1-7,9-10H,8H2,(H,22,23,25). The number of nitrogens with one attached hydrogen (secondary N) is 1. The highest BCUT2D eigenvalue weighted by Gasteiger charge is 2.18. The molecule has 2 heterocycles. The summed E-state index contributed by atoms with van der Waals surface area (Å²) < 4.78 is 14.7. The normalized spacial score (nSPS) is 12.8. The third-order valence-electron chi connectivity index (χ3n) is 3.79. The number of halogens is 2. The Kier molecular flexibility index (Phi) is 3.82. The molecule has 0 fully saturated rings. The van der Waals surface area contributed by atoms with Crippen LogP contribution in [-0.4, -0.2) is 20.4 Å². The predicted molar refractivity (Wildman–Crippen MR) is 94.7 cm³/mol. The van der Waals surface area contributed by atoms with Crippen molar-refractivity contribution >= 4 is 40.3 Å². The van der Waals surface area contributed by atoms with E-state index in [-0.39, 0.29) is 18.1 Å². The Hall–Kier alpha value is -2.99. The molecule has 1 aromatic carbocycles. The Morgan fingerprint density at radius 2 is 2.04 bits per heavy atom. The van der Waals surface area contributed by atoms with Crippen LogP contribution < -0.4 is 5.32 Å². The van der Waals surface area contributed by atoms with Gasteiger partial charge in [0.25, 0.3) is 0 Å². The van der Waals surface area contributed by atoms with Gasteiger partial charge in [-0.25, -0.2) is 14.4 Å². The van der Waals surface area contributed by atoms with Gasteiger partial charge in [-0.2, -0.15) is 0 Å². The largest absolute Gasteiger partial charge is 0.295 e. The number of aromatic nitrogens is 3. The van der Waals surface area contributed by atoms with Gasteiger partial charge in [-0.1, -0.05) is 29.8 Å². The molecule has 1 amide bonds. The molecule has 2 aromatic heterocycles. The van der Waals surface area contributed by atoms with E-state index in [1.165, 1.54) is 18.3 Å². The minimum Gasteiger partial charge on any atom is -0.295 e. The number of rotatable bonds is 4. The maximum Gasteiger partial charge on any atom is 0.231 e. The molecule has 25 heavy (non-hydrogen) atoms. The third kappa shape index (κ3) is 3.04. The maximum absolute atomic E-state index is 13.0. The zero-order valence-corrected chi connectivity index (χ0v) is 13.7. The lowest BCUT2D eigenvalue weighted by Crippen LogP contribution is -2.18. The summed E-state index contributed by atoms with van der Waals surface area (Å²) in [6, 6.07) is 7.51. The van der Waals surface area contributed by atoms with Crippen molar-refractivity contribution in [1.82, 2.24) is 14.5 Å². The van der Waals surface area contributed by atoms with Crippen molar-refractivity contribution in [2.24, 2.45) is 0 Å². The van der Waals surface area contributed by atoms with E-state index in [4.69, 9.17) is 11.6 Å². The van der Waals surface area contributed by atoms with Crippen molar-refractivity contribution in [3.63, 3.8) is 0 Å². The van der Waals surface area contributed by atoms with Crippen LogP contribution in [0.25, 0.3) is 16.9 Å². The van der Waals surface area contributed by atoms with Gasteiger partial charge >= 0.3 is 0 Å². The number of nitrogens with zero attached hydrogens (tertiary/aromatic N) is 3. The molecule has 0 saturated carbocycles. The van der Waals surface area contributed by atoms with Crippen molar-refractivity contribution in [3.05, 3.63) is 71.2 Å². The van der Waals surface area contributed by atoms with Gasteiger partial charge in [0.1, 0.15) is 11.3 Å². The molecule has 4 rings (SSSR count). The van der Waals surface area contributed by atoms with Crippen LogP contribution in [-0.2, 0) is 11.2 Å². The number of allylic oxidation sites excluding steroid dienone is 4. The first kappa shape index (κ1) is 15.5. The fraction of sp³-hybridized carbons (Fsp3) is 0.0556. The van der Waals surface area contributed by atoms with Gasteiger partial charge in [-0.3, -0.25) is 14.7 Å². The molecule has 0 saturated heterocycles.